The van der Waals surface area contributed by atoms with Gasteiger partial charge < -0.3 is 4.90 Å². The Labute approximate surface area is 120 Å². The lowest BCUT2D eigenvalue weighted by Gasteiger charge is -2.26. The summed E-state index contributed by atoms with van der Waals surface area (Å²) in [6.07, 6.45) is 5.92. The molecule has 2 saturated heterocycles. The van der Waals surface area contributed by atoms with Crippen LogP contribution in [0, 0.1) is 11.8 Å². The van der Waals surface area contributed by atoms with Gasteiger partial charge >= 0.3 is 0 Å². The number of fused-ring (bicyclic) bond motifs is 3. The van der Waals surface area contributed by atoms with Crippen molar-refractivity contribution in [1.82, 2.24) is 4.90 Å². The van der Waals surface area contributed by atoms with Crippen molar-refractivity contribution in [2.24, 2.45) is 11.8 Å². The molecule has 3 fully saturated rings. The molecular weight excluding hydrogens is 246 g/mol. The van der Waals surface area contributed by atoms with E-state index in [2.05, 4.69) is 35.7 Å². The van der Waals surface area contributed by atoms with Crippen LogP contribution in [0.25, 0.3) is 0 Å². The zero-order chi connectivity index (χ0) is 13.7. The van der Waals surface area contributed by atoms with E-state index in [0.29, 0.717) is 29.7 Å². The molecule has 4 rings (SSSR count). The number of rotatable bonds is 1. The summed E-state index contributed by atoms with van der Waals surface area (Å²) in [4.78, 5) is 14.7. The lowest BCUT2D eigenvalue weighted by Crippen LogP contribution is -2.27. The maximum atomic E-state index is 12.7. The van der Waals surface area contributed by atoms with Gasteiger partial charge in [0.15, 0.2) is 0 Å². The van der Waals surface area contributed by atoms with E-state index < -0.39 is 0 Å². The smallest absolute Gasteiger partial charge is 0.230 e. The zero-order valence-electron chi connectivity index (χ0n) is 11.8. The van der Waals surface area contributed by atoms with Crippen LogP contribution >= 0.6 is 0 Å². The summed E-state index contributed by atoms with van der Waals surface area (Å²) in [6, 6.07) is 11.0. The van der Waals surface area contributed by atoms with Crippen LogP contribution in [0.1, 0.15) is 43.6 Å². The Kier molecular flexibility index (Phi) is 2.73. The Bertz CT molecular complexity index is 550. The molecule has 1 aromatic rings. The van der Waals surface area contributed by atoms with Crippen LogP contribution in [0.2, 0.25) is 0 Å². The molecule has 2 heteroatoms. The summed E-state index contributed by atoms with van der Waals surface area (Å²) in [5, 5.41) is 0. The molecule has 2 aliphatic heterocycles. The summed E-state index contributed by atoms with van der Waals surface area (Å²) in [5.74, 6) is 1.58. The van der Waals surface area contributed by atoms with Crippen molar-refractivity contribution in [3.8, 4) is 0 Å². The van der Waals surface area contributed by atoms with Crippen LogP contribution in [-0.4, -0.2) is 16.8 Å². The van der Waals surface area contributed by atoms with Crippen molar-refractivity contribution in [2.45, 2.75) is 44.1 Å². The Morgan fingerprint density at radius 3 is 2.65 bits per heavy atom. The molecule has 20 heavy (non-hydrogen) atoms. The SMILES string of the molecule is C=C1[C@H](c2ccccc2)C[C@H]2[C@@H]3CCCC[C@@H]3C(=O)N12. The van der Waals surface area contributed by atoms with Gasteiger partial charge in [-0.1, -0.05) is 49.8 Å². The molecule has 104 valence electrons. The molecule has 1 saturated carbocycles. The second-order valence-corrected chi connectivity index (χ2v) is 6.52. The quantitative estimate of drug-likeness (QED) is 0.759. The number of carbonyl (C=O) groups excluding carboxylic acids is 1. The Morgan fingerprint density at radius 1 is 1.10 bits per heavy atom. The highest BCUT2D eigenvalue weighted by molar-refractivity contribution is 5.85. The summed E-state index contributed by atoms with van der Waals surface area (Å²) in [6.45, 7) is 4.27. The van der Waals surface area contributed by atoms with Gasteiger partial charge in [-0.05, 0) is 30.7 Å². The van der Waals surface area contributed by atoms with Crippen LogP contribution in [0.5, 0.6) is 0 Å². The third-order valence-electron chi connectivity index (χ3n) is 5.59. The first-order chi connectivity index (χ1) is 9.77. The van der Waals surface area contributed by atoms with E-state index in [9.17, 15) is 4.79 Å². The molecule has 0 spiro atoms. The van der Waals surface area contributed by atoms with E-state index >= 15 is 0 Å². The molecule has 1 amide bonds. The van der Waals surface area contributed by atoms with Gasteiger partial charge in [0.2, 0.25) is 5.91 Å². The molecule has 2 heterocycles. The minimum absolute atomic E-state index is 0.294. The fourth-order valence-corrected chi connectivity index (χ4v) is 4.65. The summed E-state index contributed by atoms with van der Waals surface area (Å²) in [7, 11) is 0. The van der Waals surface area contributed by atoms with E-state index in [0.717, 1.165) is 18.5 Å². The first kappa shape index (κ1) is 12.2. The summed E-state index contributed by atoms with van der Waals surface area (Å²) < 4.78 is 0. The average Bonchev–Trinajstić information content (AvgIpc) is 2.98. The van der Waals surface area contributed by atoms with Gasteiger partial charge in [-0.15, -0.1) is 0 Å². The molecule has 1 aliphatic carbocycles. The Hall–Kier alpha value is -1.57. The predicted octanol–water partition coefficient (Wildman–Crippen LogP) is 3.70. The van der Waals surface area contributed by atoms with Crippen molar-refractivity contribution < 1.29 is 4.79 Å². The zero-order valence-corrected chi connectivity index (χ0v) is 11.8. The van der Waals surface area contributed by atoms with Crippen molar-refractivity contribution >= 4 is 5.91 Å². The second kappa shape index (κ2) is 4.47. The number of carbonyl (C=O) groups is 1. The van der Waals surface area contributed by atoms with E-state index in [1.165, 1.54) is 24.8 Å². The average molecular weight is 267 g/mol. The molecular formula is C18H21NO. The number of allylic oxidation sites excluding steroid dienone is 1. The number of amides is 1. The number of hydrogen-bond donors (Lipinski definition) is 0. The van der Waals surface area contributed by atoms with Gasteiger partial charge in [-0.25, -0.2) is 0 Å². The molecule has 0 N–H and O–H groups in total. The van der Waals surface area contributed by atoms with E-state index in [4.69, 9.17) is 0 Å². The fourth-order valence-electron chi connectivity index (χ4n) is 4.65. The molecule has 3 aliphatic rings. The molecule has 0 aromatic heterocycles. The van der Waals surface area contributed by atoms with Gasteiger partial charge in [0, 0.05) is 23.6 Å². The van der Waals surface area contributed by atoms with Crippen LogP contribution in [-0.2, 0) is 4.79 Å². The summed E-state index contributed by atoms with van der Waals surface area (Å²) >= 11 is 0. The highest BCUT2D eigenvalue weighted by atomic mass is 16.2. The highest BCUT2D eigenvalue weighted by Crippen LogP contribution is 2.52. The fraction of sp³-hybridized carbons (Fsp3) is 0.500. The number of benzene rings is 1. The minimum atomic E-state index is 0.294. The lowest BCUT2D eigenvalue weighted by molar-refractivity contribution is -0.130. The van der Waals surface area contributed by atoms with Crippen molar-refractivity contribution in [2.75, 3.05) is 0 Å². The van der Waals surface area contributed by atoms with Gasteiger partial charge in [0.1, 0.15) is 0 Å². The van der Waals surface area contributed by atoms with Crippen molar-refractivity contribution in [1.29, 1.82) is 0 Å². The second-order valence-electron chi connectivity index (χ2n) is 6.52. The van der Waals surface area contributed by atoms with Crippen molar-refractivity contribution in [3.63, 3.8) is 0 Å². The first-order valence-corrected chi connectivity index (χ1v) is 7.84. The molecule has 1 aromatic carbocycles. The normalized spacial score (nSPS) is 36.1. The van der Waals surface area contributed by atoms with Crippen LogP contribution < -0.4 is 0 Å². The Morgan fingerprint density at radius 2 is 1.85 bits per heavy atom. The first-order valence-electron chi connectivity index (χ1n) is 7.84. The standard InChI is InChI=1S/C18H21NO/c1-12-16(13-7-3-2-4-8-13)11-17-14-9-5-6-10-15(14)18(20)19(12)17/h2-4,7-8,14-17H,1,5-6,9-11H2/t14-,15+,16-,17+/m1/s1. The highest BCUT2D eigenvalue weighted by Gasteiger charge is 2.54. The van der Waals surface area contributed by atoms with Crippen molar-refractivity contribution in [3.05, 3.63) is 48.2 Å². The maximum absolute atomic E-state index is 12.7. The predicted molar refractivity (Wildman–Crippen MR) is 79.0 cm³/mol. The molecule has 0 bridgehead atoms. The molecule has 4 atom stereocenters. The Balaban J connectivity index is 1.66. The van der Waals surface area contributed by atoms with Crippen LogP contribution in [0.4, 0.5) is 0 Å². The maximum Gasteiger partial charge on any atom is 0.230 e. The molecule has 0 unspecified atom stereocenters. The summed E-state index contributed by atoms with van der Waals surface area (Å²) in [5.41, 5.74) is 2.35. The molecule has 2 nitrogen and oxygen atoms in total. The third-order valence-corrected chi connectivity index (χ3v) is 5.59. The van der Waals surface area contributed by atoms with E-state index in [1.807, 2.05) is 6.07 Å². The monoisotopic (exact) mass is 267 g/mol. The van der Waals surface area contributed by atoms with Gasteiger partial charge in [-0.3, -0.25) is 4.79 Å². The number of nitrogens with zero attached hydrogens (tertiary/aromatic N) is 1. The van der Waals surface area contributed by atoms with Crippen LogP contribution in [0.15, 0.2) is 42.6 Å². The van der Waals surface area contributed by atoms with Gasteiger partial charge in [-0.2, -0.15) is 0 Å². The van der Waals surface area contributed by atoms with E-state index in [1.54, 1.807) is 0 Å². The minimum Gasteiger partial charge on any atom is -0.313 e. The van der Waals surface area contributed by atoms with Gasteiger partial charge in [0.05, 0.1) is 0 Å². The topological polar surface area (TPSA) is 20.3 Å². The van der Waals surface area contributed by atoms with Crippen LogP contribution in [0.3, 0.4) is 0 Å². The van der Waals surface area contributed by atoms with E-state index in [-0.39, 0.29) is 0 Å². The largest absolute Gasteiger partial charge is 0.313 e. The van der Waals surface area contributed by atoms with Gasteiger partial charge in [0.25, 0.3) is 0 Å². The lowest BCUT2D eigenvalue weighted by atomic mass is 9.76. The number of hydrogen-bond acceptors (Lipinski definition) is 1. The third kappa shape index (κ3) is 1.60. The molecule has 0 radical (unpaired) electrons.